The number of aliphatic hydroxyl groups is 3. The summed E-state index contributed by atoms with van der Waals surface area (Å²) < 4.78 is 48.5. The van der Waals surface area contributed by atoms with E-state index in [1.165, 1.54) is 7.11 Å². The van der Waals surface area contributed by atoms with Gasteiger partial charge in [0.15, 0.2) is 18.7 Å². The average Bonchev–Trinajstić information content (AvgIpc) is 3.13. The fraction of sp³-hybridized carbons (Fsp3) is 0.805. The third-order valence-electron chi connectivity index (χ3n) is 10.9. The zero-order valence-electron chi connectivity index (χ0n) is 35.2. The monoisotopic (exact) mass is 813 g/mol. The maximum atomic E-state index is 13.3. The van der Waals surface area contributed by atoms with Crippen LogP contribution in [-0.2, 0) is 57.1 Å². The van der Waals surface area contributed by atoms with Gasteiger partial charge in [-0.05, 0) is 60.0 Å². The van der Waals surface area contributed by atoms with Crippen LogP contribution in [0.5, 0.6) is 0 Å². The van der Waals surface area contributed by atoms with Crippen LogP contribution >= 0.6 is 0 Å². The van der Waals surface area contributed by atoms with Crippen molar-refractivity contribution in [2.24, 2.45) is 11.8 Å². The molecule has 0 aromatic rings. The van der Waals surface area contributed by atoms with E-state index in [0.717, 1.165) is 0 Å². The van der Waals surface area contributed by atoms with Crippen molar-refractivity contribution in [1.82, 2.24) is 4.90 Å². The first-order valence-electron chi connectivity index (χ1n) is 20.1. The van der Waals surface area contributed by atoms with Crippen molar-refractivity contribution in [2.45, 2.75) is 179 Å². The number of hydrogen-bond donors (Lipinski definition) is 3. The summed E-state index contributed by atoms with van der Waals surface area (Å²) in [5.74, 6) is -2.82. The number of cyclic esters (lactones) is 1. The van der Waals surface area contributed by atoms with E-state index in [2.05, 4.69) is 0 Å². The van der Waals surface area contributed by atoms with Crippen LogP contribution in [0.4, 0.5) is 0 Å². The van der Waals surface area contributed by atoms with Gasteiger partial charge in [-0.25, -0.2) is 0 Å². The molecule has 16 heteroatoms. The Kier molecular flexibility index (Phi) is 19.2. The Morgan fingerprint density at radius 1 is 0.965 bits per heavy atom. The Balaban J connectivity index is 2.01. The Hall–Kier alpha value is -2.80. The first kappa shape index (κ1) is 48.6. The van der Waals surface area contributed by atoms with Gasteiger partial charge in [-0.3, -0.25) is 14.4 Å². The van der Waals surface area contributed by atoms with E-state index in [0.29, 0.717) is 12.7 Å². The van der Waals surface area contributed by atoms with Crippen LogP contribution in [0.15, 0.2) is 24.3 Å². The molecule has 0 aromatic carbocycles. The molecule has 3 rings (SSSR count). The molecule has 0 bridgehead atoms. The van der Waals surface area contributed by atoms with Crippen molar-refractivity contribution in [3.8, 4) is 0 Å². The van der Waals surface area contributed by atoms with Crippen LogP contribution in [0, 0.1) is 11.8 Å². The van der Waals surface area contributed by atoms with Crippen molar-refractivity contribution >= 4 is 24.2 Å². The second kappa shape index (κ2) is 22.5. The number of aliphatic hydroxyl groups excluding tert-OH is 2. The van der Waals surface area contributed by atoms with Gasteiger partial charge >= 0.3 is 17.9 Å². The molecule has 0 radical (unpaired) electrons. The van der Waals surface area contributed by atoms with Crippen LogP contribution < -0.4 is 0 Å². The van der Waals surface area contributed by atoms with Crippen molar-refractivity contribution in [3.05, 3.63) is 24.3 Å². The number of ether oxygens (including phenoxy) is 8. The van der Waals surface area contributed by atoms with Gasteiger partial charge in [-0.1, -0.05) is 45.1 Å². The molecular formula is C41H67NO15. The normalized spacial score (nSPS) is 41.1. The van der Waals surface area contributed by atoms with Gasteiger partial charge in [0.05, 0.1) is 36.9 Å². The molecule has 0 amide bonds. The smallest absolute Gasteiger partial charge is 0.309 e. The third kappa shape index (κ3) is 13.6. The minimum Gasteiger partial charge on any atom is -0.462 e. The van der Waals surface area contributed by atoms with Crippen molar-refractivity contribution in [3.63, 3.8) is 0 Å². The molecule has 3 N–H and O–H groups in total. The summed E-state index contributed by atoms with van der Waals surface area (Å²) in [6.45, 7) is 11.8. The highest BCUT2D eigenvalue weighted by molar-refractivity contribution is 5.72. The van der Waals surface area contributed by atoms with Crippen molar-refractivity contribution < 1.29 is 72.4 Å². The summed E-state index contributed by atoms with van der Waals surface area (Å²) in [5.41, 5.74) is -1.49. The van der Waals surface area contributed by atoms with Crippen LogP contribution in [-0.4, -0.2) is 151 Å². The maximum absolute atomic E-state index is 13.3. The number of carbonyl (C=O) groups excluding carboxylic acids is 4. The number of allylic oxidation sites excluding steroid dienone is 2. The third-order valence-corrected chi connectivity index (χ3v) is 10.9. The maximum Gasteiger partial charge on any atom is 0.309 e. The quantitative estimate of drug-likeness (QED) is 0.147. The largest absolute Gasteiger partial charge is 0.462 e. The fourth-order valence-electron chi connectivity index (χ4n) is 7.82. The number of esters is 3. The lowest BCUT2D eigenvalue weighted by Gasteiger charge is -2.50. The summed E-state index contributed by atoms with van der Waals surface area (Å²) in [6.07, 6.45) is -4.08. The summed E-state index contributed by atoms with van der Waals surface area (Å²) in [5, 5.41) is 34.5. The van der Waals surface area contributed by atoms with E-state index in [4.69, 9.17) is 37.9 Å². The van der Waals surface area contributed by atoms with Crippen molar-refractivity contribution in [1.29, 1.82) is 0 Å². The number of hydrogen-bond acceptors (Lipinski definition) is 16. The van der Waals surface area contributed by atoms with Crippen LogP contribution in [0.25, 0.3) is 0 Å². The van der Waals surface area contributed by atoms with Gasteiger partial charge in [-0.2, -0.15) is 0 Å². The highest BCUT2D eigenvalue weighted by Crippen LogP contribution is 2.37. The molecule has 0 unspecified atom stereocenters. The van der Waals surface area contributed by atoms with Gasteiger partial charge in [0.1, 0.15) is 42.4 Å². The summed E-state index contributed by atoms with van der Waals surface area (Å²) >= 11 is 0. The predicted molar refractivity (Wildman–Crippen MR) is 205 cm³/mol. The molecule has 0 aliphatic carbocycles. The molecule has 0 saturated carbocycles. The lowest BCUT2D eigenvalue weighted by Crippen LogP contribution is -2.66. The molecule has 2 saturated heterocycles. The molecule has 3 aliphatic heterocycles. The highest BCUT2D eigenvalue weighted by atomic mass is 16.7. The number of likely N-dealkylation sites (N-methyl/N-ethyl adjacent to an activating group) is 1. The first-order valence-corrected chi connectivity index (χ1v) is 20.1. The number of methoxy groups -OCH3 is 1. The minimum absolute atomic E-state index is 0.000633. The SMILES string of the molecule is CCC(=O)O[C@@H]1[C@@H](C)O[C@@H](O[C@H]2[C@H](N(C)C)[C@@H](O)[C@H](O[C@H]3[C@@H](CC=O)C[C@@H](C)[C@@H](O)/C=C\C=C\C[C@@H](C)OC(=O)C[C@@H](OC(=O)CC)[C@H]3OC)O[C@@H]2C)C[C@@]1(C)O. The summed E-state index contributed by atoms with van der Waals surface area (Å²) in [7, 11) is 4.86. The van der Waals surface area contributed by atoms with E-state index in [1.54, 1.807) is 78.8 Å². The van der Waals surface area contributed by atoms with Crippen LogP contribution in [0.1, 0.15) is 93.4 Å². The highest BCUT2D eigenvalue weighted by Gasteiger charge is 2.53. The second-order valence-electron chi connectivity index (χ2n) is 16.0. The zero-order valence-corrected chi connectivity index (χ0v) is 35.2. The molecule has 57 heavy (non-hydrogen) atoms. The number of rotatable bonds is 12. The predicted octanol–water partition coefficient (Wildman–Crippen LogP) is 2.77. The van der Waals surface area contributed by atoms with Gasteiger partial charge in [-0.15, -0.1) is 0 Å². The molecule has 16 atom stereocenters. The van der Waals surface area contributed by atoms with E-state index >= 15 is 0 Å². The lowest BCUT2D eigenvalue weighted by molar-refractivity contribution is -0.344. The van der Waals surface area contributed by atoms with Crippen molar-refractivity contribution in [2.75, 3.05) is 21.2 Å². The van der Waals surface area contributed by atoms with E-state index in [1.807, 2.05) is 13.0 Å². The molecule has 3 heterocycles. The number of nitrogens with zero attached hydrogens (tertiary/aromatic N) is 1. The molecule has 0 aromatic heterocycles. The zero-order chi connectivity index (χ0) is 42.6. The molecule has 326 valence electrons. The average molecular weight is 814 g/mol. The van der Waals surface area contributed by atoms with Gasteiger partial charge in [0.25, 0.3) is 0 Å². The van der Waals surface area contributed by atoms with Crippen LogP contribution in [0.3, 0.4) is 0 Å². The van der Waals surface area contributed by atoms with Gasteiger partial charge < -0.3 is 62.9 Å². The fourth-order valence-corrected chi connectivity index (χ4v) is 7.82. The Labute approximate surface area is 337 Å². The molecule has 16 nitrogen and oxygen atoms in total. The number of carbonyl (C=O) groups is 4. The standard InChI is InChI=1S/C41H67NO15/c1-11-30(45)54-29-21-32(47)51-24(4)16-14-13-15-17-28(44)23(3)20-27(18-19-43)37(38(29)50-10)57-40-35(48)34(42(8)9)36(25(5)53-40)56-33-22-41(7,49)39(26(6)52-33)55-31(46)12-2/h13-15,17,19,23-29,33-40,44,48-49H,11-12,16,18,20-22H2,1-10H3/b14-13+,17-15-/t23-,24-,25-,26-,27+,28+,29-,33+,34-,35-,36-,37+,38-,39-,40+,41-/m1/s1. The topological polar surface area (TPSA) is 206 Å². The first-order chi connectivity index (χ1) is 26.9. The van der Waals surface area contributed by atoms with Gasteiger partial charge in [0.2, 0.25) is 0 Å². The van der Waals surface area contributed by atoms with Gasteiger partial charge in [0, 0.05) is 39.2 Å². The summed E-state index contributed by atoms with van der Waals surface area (Å²) in [4.78, 5) is 52.3. The second-order valence-corrected chi connectivity index (χ2v) is 16.0. The number of aldehydes is 1. The molecule has 0 spiro atoms. The molecular weight excluding hydrogens is 746 g/mol. The van der Waals surface area contributed by atoms with E-state index < -0.39 is 121 Å². The Bertz CT molecular complexity index is 1350. The minimum atomic E-state index is -1.49. The lowest BCUT2D eigenvalue weighted by atomic mass is 9.82. The summed E-state index contributed by atoms with van der Waals surface area (Å²) in [6, 6.07) is -0.779. The van der Waals surface area contributed by atoms with E-state index in [9.17, 15) is 34.5 Å². The molecule has 2 fully saturated rings. The van der Waals surface area contributed by atoms with E-state index in [-0.39, 0.29) is 32.1 Å². The van der Waals surface area contributed by atoms with Crippen LogP contribution in [0.2, 0.25) is 0 Å². The molecule has 3 aliphatic rings. The Morgan fingerprint density at radius 3 is 2.23 bits per heavy atom. The Morgan fingerprint density at radius 2 is 1.63 bits per heavy atom.